The number of aromatic nitrogens is 1. The second-order valence-corrected chi connectivity index (χ2v) is 6.95. The van der Waals surface area contributed by atoms with Gasteiger partial charge in [-0.25, -0.2) is 0 Å². The van der Waals surface area contributed by atoms with Crippen LogP contribution >= 0.6 is 11.3 Å². The van der Waals surface area contributed by atoms with E-state index in [9.17, 15) is 9.59 Å². The summed E-state index contributed by atoms with van der Waals surface area (Å²) in [6.07, 6.45) is 1.41. The Labute approximate surface area is 163 Å². The average Bonchev–Trinajstić information content (AvgIpc) is 3.06. The first-order valence-electron chi connectivity index (χ1n) is 8.69. The molecule has 0 spiro atoms. The topological polar surface area (TPSA) is 97.6 Å². The van der Waals surface area contributed by atoms with Crippen molar-refractivity contribution in [1.82, 2.24) is 4.57 Å². The highest BCUT2D eigenvalue weighted by Gasteiger charge is 2.19. The molecular formula is C18H18N2O7S. The van der Waals surface area contributed by atoms with E-state index in [1.807, 2.05) is 12.1 Å². The van der Waals surface area contributed by atoms with Crippen molar-refractivity contribution in [3.8, 4) is 11.5 Å². The van der Waals surface area contributed by atoms with Gasteiger partial charge in [0.25, 0.3) is 0 Å². The molecule has 0 saturated heterocycles. The lowest BCUT2D eigenvalue weighted by Crippen LogP contribution is -2.21. The molecule has 28 heavy (non-hydrogen) atoms. The normalized spacial score (nSPS) is 16.2. The number of hydrogen-bond donors (Lipinski definition) is 0. The second kappa shape index (κ2) is 7.93. The number of benzene rings is 1. The van der Waals surface area contributed by atoms with Gasteiger partial charge in [0.15, 0.2) is 16.3 Å². The smallest absolute Gasteiger partial charge is 0.317 e. The molecular weight excluding hydrogens is 388 g/mol. The summed E-state index contributed by atoms with van der Waals surface area (Å²) in [7, 11) is 1.34. The molecule has 3 heterocycles. The molecule has 0 aliphatic carbocycles. The maximum atomic E-state index is 12.5. The van der Waals surface area contributed by atoms with Crippen molar-refractivity contribution in [1.29, 1.82) is 0 Å². The summed E-state index contributed by atoms with van der Waals surface area (Å²) in [6, 6.07) is 3.69. The van der Waals surface area contributed by atoms with Crippen LogP contribution in [0, 0.1) is 0 Å². The molecule has 0 N–H and O–H groups in total. The summed E-state index contributed by atoms with van der Waals surface area (Å²) >= 11 is 1.31. The number of nitrogens with zero attached hydrogens (tertiary/aromatic N) is 2. The van der Waals surface area contributed by atoms with Gasteiger partial charge in [0, 0.05) is 18.7 Å². The standard InChI is InChI=1S/C18H18N2O7S/c1-23-16(21)2-3-20-11-8-12-13(26-7-6-25-12)9-15(11)28-18(20)19-17(22)14-10-24-4-5-27-14/h8-10H,2-7H2,1H3. The third-order valence-corrected chi connectivity index (χ3v) is 5.21. The lowest BCUT2D eigenvalue weighted by Gasteiger charge is -2.18. The summed E-state index contributed by atoms with van der Waals surface area (Å²) in [5.74, 6) is 0.413. The number of rotatable bonds is 4. The lowest BCUT2D eigenvalue weighted by molar-refractivity contribution is -0.140. The predicted octanol–water partition coefficient (Wildman–Crippen LogP) is 1.35. The maximum Gasteiger partial charge on any atom is 0.317 e. The number of hydrogen-bond acceptors (Lipinski definition) is 8. The van der Waals surface area contributed by atoms with E-state index in [0.29, 0.717) is 49.3 Å². The maximum absolute atomic E-state index is 12.5. The SMILES string of the molecule is COC(=O)CCn1c(=NC(=O)C2=COCCO2)sc2cc3c(cc21)OCCO3. The number of carbonyl (C=O) groups is 2. The fraction of sp³-hybridized carbons (Fsp3) is 0.389. The molecule has 1 aromatic heterocycles. The first-order chi connectivity index (χ1) is 13.7. The van der Waals surface area contributed by atoms with Crippen LogP contribution in [0.2, 0.25) is 0 Å². The predicted molar refractivity (Wildman–Crippen MR) is 98.0 cm³/mol. The van der Waals surface area contributed by atoms with E-state index < -0.39 is 5.91 Å². The number of methoxy groups -OCH3 is 1. The quantitative estimate of drug-likeness (QED) is 0.707. The Morgan fingerprint density at radius 1 is 1.14 bits per heavy atom. The number of fused-ring (bicyclic) bond motifs is 2. The van der Waals surface area contributed by atoms with Crippen LogP contribution in [-0.2, 0) is 30.3 Å². The van der Waals surface area contributed by atoms with E-state index in [4.69, 9.17) is 23.7 Å². The molecule has 0 radical (unpaired) electrons. The van der Waals surface area contributed by atoms with Gasteiger partial charge in [-0.1, -0.05) is 11.3 Å². The Kier molecular flexibility index (Phi) is 5.20. The summed E-state index contributed by atoms with van der Waals surface area (Å²) in [4.78, 5) is 28.7. The van der Waals surface area contributed by atoms with Crippen LogP contribution in [0.1, 0.15) is 6.42 Å². The molecule has 148 valence electrons. The molecule has 0 atom stereocenters. The van der Waals surface area contributed by atoms with Crippen LogP contribution in [0.5, 0.6) is 11.5 Å². The van der Waals surface area contributed by atoms with E-state index in [0.717, 1.165) is 10.2 Å². The molecule has 0 bridgehead atoms. The van der Waals surface area contributed by atoms with Gasteiger partial charge in [0.1, 0.15) is 32.7 Å². The number of esters is 1. The Morgan fingerprint density at radius 3 is 2.61 bits per heavy atom. The number of thiazole rings is 1. The van der Waals surface area contributed by atoms with Gasteiger partial charge in [-0.2, -0.15) is 4.99 Å². The van der Waals surface area contributed by atoms with Crippen LogP contribution in [0.25, 0.3) is 10.2 Å². The fourth-order valence-corrected chi connectivity index (χ4v) is 3.90. The summed E-state index contributed by atoms with van der Waals surface area (Å²) in [6.45, 7) is 1.93. The van der Waals surface area contributed by atoms with E-state index in [-0.39, 0.29) is 18.1 Å². The fourth-order valence-electron chi connectivity index (χ4n) is 2.84. The van der Waals surface area contributed by atoms with Crippen LogP contribution in [-0.4, -0.2) is 50.0 Å². The van der Waals surface area contributed by atoms with Crippen LogP contribution in [0.15, 0.2) is 29.1 Å². The summed E-state index contributed by atoms with van der Waals surface area (Å²) in [5, 5.41) is 0. The van der Waals surface area contributed by atoms with Crippen LogP contribution < -0.4 is 14.3 Å². The van der Waals surface area contributed by atoms with Crippen molar-refractivity contribution in [3.05, 3.63) is 29.0 Å². The minimum absolute atomic E-state index is 0.0502. The molecule has 4 rings (SSSR count). The first-order valence-corrected chi connectivity index (χ1v) is 9.51. The molecule has 2 aromatic rings. The zero-order chi connectivity index (χ0) is 19.5. The number of ether oxygens (including phenoxy) is 5. The zero-order valence-corrected chi connectivity index (χ0v) is 16.0. The van der Waals surface area contributed by atoms with Crippen LogP contribution in [0.4, 0.5) is 0 Å². The molecule has 0 fully saturated rings. The van der Waals surface area contributed by atoms with Gasteiger partial charge >= 0.3 is 11.9 Å². The van der Waals surface area contributed by atoms with Crippen molar-refractivity contribution in [3.63, 3.8) is 0 Å². The van der Waals surface area contributed by atoms with E-state index in [1.165, 1.54) is 24.7 Å². The van der Waals surface area contributed by atoms with E-state index >= 15 is 0 Å². The van der Waals surface area contributed by atoms with Gasteiger partial charge in [-0.05, 0) is 0 Å². The van der Waals surface area contributed by atoms with Gasteiger partial charge in [-0.3, -0.25) is 9.59 Å². The monoisotopic (exact) mass is 406 g/mol. The Balaban J connectivity index is 1.78. The van der Waals surface area contributed by atoms with Crippen molar-refractivity contribution in [2.75, 3.05) is 33.5 Å². The Bertz CT molecular complexity index is 1020. The van der Waals surface area contributed by atoms with Gasteiger partial charge in [0.2, 0.25) is 5.76 Å². The minimum atomic E-state index is -0.546. The van der Waals surface area contributed by atoms with Crippen molar-refractivity contribution in [2.45, 2.75) is 13.0 Å². The summed E-state index contributed by atoms with van der Waals surface area (Å²) in [5.41, 5.74) is 0.791. The average molecular weight is 406 g/mol. The zero-order valence-electron chi connectivity index (χ0n) is 15.1. The van der Waals surface area contributed by atoms with Gasteiger partial charge in [0.05, 0.1) is 23.7 Å². The van der Waals surface area contributed by atoms with E-state index in [2.05, 4.69) is 4.99 Å². The Morgan fingerprint density at radius 2 is 1.89 bits per heavy atom. The van der Waals surface area contributed by atoms with Gasteiger partial charge in [-0.15, -0.1) is 0 Å². The second-order valence-electron chi connectivity index (χ2n) is 5.94. The molecule has 9 nitrogen and oxygen atoms in total. The molecule has 10 heteroatoms. The molecule has 1 amide bonds. The largest absolute Gasteiger partial charge is 0.494 e. The van der Waals surface area contributed by atoms with Crippen molar-refractivity contribution in [2.24, 2.45) is 4.99 Å². The third kappa shape index (κ3) is 3.68. The molecule has 1 aromatic carbocycles. The van der Waals surface area contributed by atoms with Crippen molar-refractivity contribution >= 4 is 33.4 Å². The lowest BCUT2D eigenvalue weighted by atomic mass is 10.2. The first kappa shape index (κ1) is 18.4. The molecule has 2 aliphatic rings. The Hall–Kier alpha value is -3.01. The van der Waals surface area contributed by atoms with Gasteiger partial charge < -0.3 is 28.3 Å². The highest BCUT2D eigenvalue weighted by atomic mass is 32.1. The number of aryl methyl sites for hydroxylation is 1. The highest BCUT2D eigenvalue weighted by molar-refractivity contribution is 7.16. The molecule has 2 aliphatic heterocycles. The highest BCUT2D eigenvalue weighted by Crippen LogP contribution is 2.35. The number of amides is 1. The number of carbonyl (C=O) groups excluding carboxylic acids is 2. The van der Waals surface area contributed by atoms with Crippen LogP contribution in [0.3, 0.4) is 0 Å². The third-order valence-electron chi connectivity index (χ3n) is 4.17. The molecule has 0 saturated carbocycles. The van der Waals surface area contributed by atoms with Crippen molar-refractivity contribution < 1.29 is 33.3 Å². The van der Waals surface area contributed by atoms with E-state index in [1.54, 1.807) is 4.57 Å². The summed E-state index contributed by atoms with van der Waals surface area (Å²) < 4.78 is 29.1. The minimum Gasteiger partial charge on any atom is -0.494 e. The molecule has 0 unspecified atom stereocenters.